The second-order valence-corrected chi connectivity index (χ2v) is 9.15. The van der Waals surface area contributed by atoms with E-state index in [2.05, 4.69) is 9.88 Å². The van der Waals surface area contributed by atoms with Crippen LogP contribution < -0.4 is 9.62 Å². The molecule has 1 aromatic heterocycles. The largest absolute Gasteiger partial charge is 0.369 e. The normalized spacial score (nSPS) is 11.3. The monoisotopic (exact) mass is 451 g/mol. The number of aryl methyl sites for hydroxylation is 1. The van der Waals surface area contributed by atoms with E-state index in [1.165, 1.54) is 18.2 Å². The molecule has 0 aliphatic carbocycles. The topological polar surface area (TPSA) is 75.4 Å². The summed E-state index contributed by atoms with van der Waals surface area (Å²) in [6.07, 6.45) is 0. The lowest BCUT2D eigenvalue weighted by Gasteiger charge is -2.18. The molecule has 0 unspecified atom stereocenters. The van der Waals surface area contributed by atoms with E-state index in [4.69, 9.17) is 4.52 Å². The number of hydrogen-bond donors (Lipinski definition) is 1. The van der Waals surface area contributed by atoms with Crippen LogP contribution in [0, 0.1) is 12.7 Å². The molecule has 32 heavy (non-hydrogen) atoms. The van der Waals surface area contributed by atoms with E-state index >= 15 is 0 Å². The average Bonchev–Trinajstić information content (AvgIpc) is 3.19. The van der Waals surface area contributed by atoms with Crippen molar-refractivity contribution in [2.24, 2.45) is 0 Å². The van der Waals surface area contributed by atoms with E-state index in [0.29, 0.717) is 17.8 Å². The van der Waals surface area contributed by atoms with Gasteiger partial charge in [-0.05, 0) is 66.6 Å². The fraction of sp³-hybridized carbons (Fsp3) is 0.125. The molecule has 3 aromatic carbocycles. The van der Waals surface area contributed by atoms with Gasteiger partial charge in [0.25, 0.3) is 10.0 Å². The zero-order valence-electron chi connectivity index (χ0n) is 17.6. The van der Waals surface area contributed by atoms with Gasteiger partial charge < -0.3 is 9.42 Å². The summed E-state index contributed by atoms with van der Waals surface area (Å²) in [4.78, 5) is 2.11. The van der Waals surface area contributed by atoms with Crippen LogP contribution in [0.5, 0.6) is 0 Å². The van der Waals surface area contributed by atoms with Gasteiger partial charge in [-0.25, -0.2) is 12.8 Å². The third kappa shape index (κ3) is 4.97. The molecule has 0 bridgehead atoms. The minimum absolute atomic E-state index is 0.127. The summed E-state index contributed by atoms with van der Waals surface area (Å²) < 4.78 is 46.7. The first kappa shape index (κ1) is 21.6. The summed E-state index contributed by atoms with van der Waals surface area (Å²) in [5, 5.41) is 3.99. The first-order valence-electron chi connectivity index (χ1n) is 9.92. The molecule has 0 fully saturated rings. The summed E-state index contributed by atoms with van der Waals surface area (Å²) in [5.41, 5.74) is 3.60. The van der Waals surface area contributed by atoms with Crippen LogP contribution in [-0.2, 0) is 16.6 Å². The zero-order valence-corrected chi connectivity index (χ0v) is 18.4. The summed E-state index contributed by atoms with van der Waals surface area (Å²) in [5.74, 6) is 0.408. The summed E-state index contributed by atoms with van der Waals surface area (Å²) >= 11 is 0. The van der Waals surface area contributed by atoms with Gasteiger partial charge in [0.15, 0.2) is 0 Å². The Morgan fingerprint density at radius 2 is 1.69 bits per heavy atom. The highest BCUT2D eigenvalue weighted by atomic mass is 32.2. The van der Waals surface area contributed by atoms with E-state index in [-0.39, 0.29) is 10.7 Å². The van der Waals surface area contributed by atoms with Crippen molar-refractivity contribution < 1.29 is 17.3 Å². The molecule has 8 heteroatoms. The molecule has 164 valence electrons. The summed E-state index contributed by atoms with van der Waals surface area (Å²) in [6.45, 7) is 2.41. The van der Waals surface area contributed by atoms with Crippen molar-refractivity contribution in [3.8, 4) is 11.1 Å². The summed E-state index contributed by atoms with van der Waals surface area (Å²) in [7, 11) is -1.87. The third-order valence-electron chi connectivity index (χ3n) is 4.96. The highest BCUT2D eigenvalue weighted by Gasteiger charge is 2.15. The Morgan fingerprint density at radius 3 is 2.34 bits per heavy atom. The number of halogens is 1. The first-order chi connectivity index (χ1) is 15.3. The van der Waals surface area contributed by atoms with Gasteiger partial charge in [-0.1, -0.05) is 29.4 Å². The van der Waals surface area contributed by atoms with E-state index < -0.39 is 10.0 Å². The van der Waals surface area contributed by atoms with Crippen molar-refractivity contribution in [2.75, 3.05) is 16.7 Å². The zero-order chi connectivity index (χ0) is 22.7. The number of nitrogens with zero attached hydrogens (tertiary/aromatic N) is 2. The Labute approximate surface area is 186 Å². The van der Waals surface area contributed by atoms with Crippen LogP contribution in [-0.4, -0.2) is 20.6 Å². The fourth-order valence-corrected chi connectivity index (χ4v) is 4.41. The van der Waals surface area contributed by atoms with Crippen LogP contribution in [0.2, 0.25) is 0 Å². The van der Waals surface area contributed by atoms with Gasteiger partial charge in [-0.15, -0.1) is 0 Å². The van der Waals surface area contributed by atoms with Crippen molar-refractivity contribution in [3.05, 3.63) is 96.1 Å². The van der Waals surface area contributed by atoms with E-state index in [0.717, 1.165) is 22.7 Å². The van der Waals surface area contributed by atoms with Gasteiger partial charge in [0.05, 0.1) is 11.4 Å². The third-order valence-corrected chi connectivity index (χ3v) is 6.34. The Bertz CT molecular complexity index is 1320. The maximum absolute atomic E-state index is 13.2. The van der Waals surface area contributed by atoms with Crippen LogP contribution in [0.3, 0.4) is 0 Å². The molecule has 0 aliphatic heterocycles. The number of rotatable bonds is 7. The highest BCUT2D eigenvalue weighted by Crippen LogP contribution is 2.25. The second kappa shape index (κ2) is 8.84. The van der Waals surface area contributed by atoms with Crippen molar-refractivity contribution in [1.82, 2.24) is 5.16 Å². The van der Waals surface area contributed by atoms with Gasteiger partial charge in [-0.3, -0.25) is 4.72 Å². The number of hydrogen-bond acceptors (Lipinski definition) is 5. The van der Waals surface area contributed by atoms with Crippen LogP contribution in [0.1, 0.15) is 11.5 Å². The van der Waals surface area contributed by atoms with E-state index in [9.17, 15) is 12.8 Å². The minimum atomic E-state index is -3.79. The van der Waals surface area contributed by atoms with E-state index in [1.807, 2.05) is 37.1 Å². The maximum atomic E-state index is 13.2. The molecule has 0 saturated carbocycles. The number of anilines is 2. The summed E-state index contributed by atoms with van der Waals surface area (Å²) in [6, 6.07) is 21.4. The van der Waals surface area contributed by atoms with Gasteiger partial charge >= 0.3 is 0 Å². The SMILES string of the molecule is Cc1cc(CN(C)c2ccc(NS(=O)(=O)c3cccc(-c4ccc(F)cc4)c3)cc2)no1. The van der Waals surface area contributed by atoms with Crippen LogP contribution in [0.25, 0.3) is 11.1 Å². The van der Waals surface area contributed by atoms with Gasteiger partial charge in [0.1, 0.15) is 17.3 Å². The minimum Gasteiger partial charge on any atom is -0.369 e. The number of nitrogens with one attached hydrogen (secondary N) is 1. The van der Waals surface area contributed by atoms with Gasteiger partial charge in [-0.2, -0.15) is 0 Å². The molecule has 4 rings (SSSR count). The number of benzene rings is 3. The molecular formula is C24H22FN3O3S. The number of aromatic nitrogens is 1. The predicted molar refractivity (Wildman–Crippen MR) is 122 cm³/mol. The molecule has 0 saturated heterocycles. The molecule has 1 heterocycles. The highest BCUT2D eigenvalue weighted by molar-refractivity contribution is 7.92. The first-order valence-corrected chi connectivity index (χ1v) is 11.4. The Kier molecular flexibility index (Phi) is 5.96. The molecule has 0 aliphatic rings. The maximum Gasteiger partial charge on any atom is 0.261 e. The standard InChI is InChI=1S/C24H22FN3O3S/c1-17-14-22(26-31-17)16-28(2)23-12-10-21(11-13-23)27-32(29,30)24-5-3-4-19(15-24)18-6-8-20(25)9-7-18/h3-15,27H,16H2,1-2H3. The molecule has 1 N–H and O–H groups in total. The lowest BCUT2D eigenvalue weighted by atomic mass is 10.1. The quantitative estimate of drug-likeness (QED) is 0.417. The molecule has 0 amide bonds. The van der Waals surface area contributed by atoms with Gasteiger partial charge in [0, 0.05) is 24.5 Å². The fourth-order valence-electron chi connectivity index (χ4n) is 3.31. The lowest BCUT2D eigenvalue weighted by molar-refractivity contribution is 0.390. The Morgan fingerprint density at radius 1 is 0.969 bits per heavy atom. The van der Waals surface area contributed by atoms with Crippen molar-refractivity contribution >= 4 is 21.4 Å². The Balaban J connectivity index is 1.48. The van der Waals surface area contributed by atoms with Crippen molar-refractivity contribution in [2.45, 2.75) is 18.4 Å². The van der Waals surface area contributed by atoms with Crippen molar-refractivity contribution in [1.29, 1.82) is 0 Å². The lowest BCUT2D eigenvalue weighted by Crippen LogP contribution is -2.17. The predicted octanol–water partition coefficient (Wildman–Crippen LogP) is 5.23. The average molecular weight is 452 g/mol. The second-order valence-electron chi connectivity index (χ2n) is 7.47. The van der Waals surface area contributed by atoms with E-state index in [1.54, 1.807) is 42.5 Å². The Hall–Kier alpha value is -3.65. The molecule has 0 spiro atoms. The molecular weight excluding hydrogens is 429 g/mol. The smallest absolute Gasteiger partial charge is 0.261 e. The molecule has 6 nitrogen and oxygen atoms in total. The van der Waals surface area contributed by atoms with Crippen LogP contribution >= 0.6 is 0 Å². The van der Waals surface area contributed by atoms with Gasteiger partial charge in [0.2, 0.25) is 0 Å². The molecule has 0 radical (unpaired) electrons. The van der Waals surface area contributed by atoms with Crippen molar-refractivity contribution in [3.63, 3.8) is 0 Å². The molecule has 4 aromatic rings. The molecule has 0 atom stereocenters. The van der Waals surface area contributed by atoms with Crippen LogP contribution in [0.4, 0.5) is 15.8 Å². The van der Waals surface area contributed by atoms with Crippen LogP contribution in [0.15, 0.2) is 88.3 Å². The number of sulfonamides is 1.